The predicted octanol–water partition coefficient (Wildman–Crippen LogP) is 3.54. The number of morpholine rings is 1. The first-order valence-corrected chi connectivity index (χ1v) is 11.0. The Labute approximate surface area is 195 Å². The van der Waals surface area contributed by atoms with Crippen LogP contribution in [0.3, 0.4) is 0 Å². The van der Waals surface area contributed by atoms with Crippen LogP contribution in [0, 0.1) is 0 Å². The molecule has 1 fully saturated rings. The molecule has 1 aliphatic rings. The fourth-order valence-electron chi connectivity index (χ4n) is 3.10. The van der Waals surface area contributed by atoms with Crippen LogP contribution in [0.25, 0.3) is 0 Å². The Morgan fingerprint density at radius 1 is 1.09 bits per heavy atom. The summed E-state index contributed by atoms with van der Waals surface area (Å²) in [5, 5.41) is 7.57. The number of hydrazone groups is 1. The van der Waals surface area contributed by atoms with Gasteiger partial charge < -0.3 is 19.7 Å². The number of rotatable bonds is 8. The lowest BCUT2D eigenvalue weighted by atomic mass is 10.2. The van der Waals surface area contributed by atoms with Crippen LogP contribution in [-0.4, -0.2) is 54.6 Å². The SMILES string of the molecule is COc1ccc(/C=N/Nc2nc(NCc3ccccc3)nc(N3CCOCC3)n2)cc1Br. The third kappa shape index (κ3) is 5.92. The predicted molar refractivity (Wildman–Crippen MR) is 129 cm³/mol. The third-order valence-electron chi connectivity index (χ3n) is 4.77. The summed E-state index contributed by atoms with van der Waals surface area (Å²) in [7, 11) is 1.63. The quantitative estimate of drug-likeness (QED) is 0.360. The summed E-state index contributed by atoms with van der Waals surface area (Å²) in [5.41, 5.74) is 4.96. The zero-order valence-electron chi connectivity index (χ0n) is 17.7. The maximum atomic E-state index is 5.45. The lowest BCUT2D eigenvalue weighted by Crippen LogP contribution is -2.37. The van der Waals surface area contributed by atoms with Gasteiger partial charge in [-0.2, -0.15) is 20.1 Å². The molecule has 10 heteroatoms. The van der Waals surface area contributed by atoms with Gasteiger partial charge in [-0.25, -0.2) is 5.43 Å². The smallest absolute Gasteiger partial charge is 0.250 e. The Bertz CT molecular complexity index is 1060. The van der Waals surface area contributed by atoms with E-state index in [2.05, 4.69) is 51.6 Å². The van der Waals surface area contributed by atoms with Gasteiger partial charge >= 0.3 is 0 Å². The topological polar surface area (TPSA) is 96.8 Å². The first-order chi connectivity index (χ1) is 15.7. The highest BCUT2D eigenvalue weighted by Gasteiger charge is 2.16. The second-order valence-electron chi connectivity index (χ2n) is 6.99. The van der Waals surface area contributed by atoms with Gasteiger partial charge in [-0.15, -0.1) is 0 Å². The number of nitrogens with zero attached hydrogens (tertiary/aromatic N) is 5. The van der Waals surface area contributed by atoms with Crippen LogP contribution in [0.15, 0.2) is 58.1 Å². The summed E-state index contributed by atoms with van der Waals surface area (Å²) in [5.74, 6) is 2.19. The van der Waals surface area contributed by atoms with Crippen molar-refractivity contribution < 1.29 is 9.47 Å². The molecule has 0 spiro atoms. The number of anilines is 3. The van der Waals surface area contributed by atoms with E-state index in [1.807, 2.05) is 48.5 Å². The Kier molecular flexibility index (Phi) is 7.47. The standard InChI is InChI=1S/C22H24BrN7O2/c1-31-19-8-7-17(13-18(19)23)15-25-29-21-26-20(24-14-16-5-3-2-4-6-16)27-22(28-21)30-9-11-32-12-10-30/h2-8,13,15H,9-12,14H2,1H3,(H2,24,26,27,28,29)/b25-15+. The maximum absolute atomic E-state index is 5.45. The Hall–Kier alpha value is -3.24. The fourth-order valence-corrected chi connectivity index (χ4v) is 3.66. The first-order valence-electron chi connectivity index (χ1n) is 10.2. The van der Waals surface area contributed by atoms with E-state index < -0.39 is 0 Å². The number of benzene rings is 2. The average molecular weight is 498 g/mol. The van der Waals surface area contributed by atoms with E-state index in [0.29, 0.717) is 37.6 Å². The van der Waals surface area contributed by atoms with Gasteiger partial charge in [0.05, 0.1) is 31.0 Å². The molecule has 32 heavy (non-hydrogen) atoms. The van der Waals surface area contributed by atoms with E-state index in [1.54, 1.807) is 13.3 Å². The summed E-state index contributed by atoms with van der Waals surface area (Å²) >= 11 is 3.48. The molecule has 0 amide bonds. The van der Waals surface area contributed by atoms with Crippen LogP contribution in [0.2, 0.25) is 0 Å². The maximum Gasteiger partial charge on any atom is 0.250 e. The molecule has 0 saturated carbocycles. The molecular weight excluding hydrogens is 474 g/mol. The highest BCUT2D eigenvalue weighted by atomic mass is 79.9. The van der Waals surface area contributed by atoms with Gasteiger partial charge in [-0.1, -0.05) is 30.3 Å². The molecule has 1 aromatic heterocycles. The highest BCUT2D eigenvalue weighted by molar-refractivity contribution is 9.10. The van der Waals surface area contributed by atoms with Crippen molar-refractivity contribution in [2.75, 3.05) is 49.1 Å². The van der Waals surface area contributed by atoms with Gasteiger partial charge in [0.1, 0.15) is 5.75 Å². The number of nitrogens with one attached hydrogen (secondary N) is 2. The Morgan fingerprint density at radius 2 is 1.88 bits per heavy atom. The molecule has 9 nitrogen and oxygen atoms in total. The molecular formula is C22H24BrN7O2. The van der Waals surface area contributed by atoms with Crippen molar-refractivity contribution in [1.82, 2.24) is 15.0 Å². The third-order valence-corrected chi connectivity index (χ3v) is 5.38. The Balaban J connectivity index is 1.50. The average Bonchev–Trinajstić information content (AvgIpc) is 2.84. The van der Waals surface area contributed by atoms with E-state index in [1.165, 1.54) is 0 Å². The molecule has 0 atom stereocenters. The monoisotopic (exact) mass is 497 g/mol. The normalized spacial score (nSPS) is 13.9. The molecule has 2 aromatic carbocycles. The number of aromatic nitrogens is 3. The van der Waals surface area contributed by atoms with Crippen molar-refractivity contribution in [1.29, 1.82) is 0 Å². The minimum absolute atomic E-state index is 0.362. The lowest BCUT2D eigenvalue weighted by molar-refractivity contribution is 0.122. The number of hydrogen-bond acceptors (Lipinski definition) is 9. The van der Waals surface area contributed by atoms with Crippen LogP contribution in [0.1, 0.15) is 11.1 Å². The number of methoxy groups -OCH3 is 1. The Morgan fingerprint density at radius 3 is 2.62 bits per heavy atom. The van der Waals surface area contributed by atoms with Gasteiger partial charge in [0.15, 0.2) is 0 Å². The molecule has 1 saturated heterocycles. The molecule has 2 heterocycles. The summed E-state index contributed by atoms with van der Waals surface area (Å²) in [6, 6.07) is 15.8. The summed E-state index contributed by atoms with van der Waals surface area (Å²) < 4.78 is 11.6. The molecule has 1 aliphatic heterocycles. The van der Waals surface area contributed by atoms with Gasteiger partial charge in [0, 0.05) is 19.6 Å². The summed E-state index contributed by atoms with van der Waals surface area (Å²) in [6.45, 7) is 3.35. The largest absolute Gasteiger partial charge is 0.496 e. The van der Waals surface area contributed by atoms with E-state index in [9.17, 15) is 0 Å². The molecule has 0 aliphatic carbocycles. The van der Waals surface area contributed by atoms with Gasteiger partial charge in [-0.05, 0) is 45.3 Å². The number of halogens is 1. The van der Waals surface area contributed by atoms with Crippen molar-refractivity contribution in [3.8, 4) is 5.75 Å². The second-order valence-corrected chi connectivity index (χ2v) is 7.84. The molecule has 0 bridgehead atoms. The zero-order chi connectivity index (χ0) is 22.2. The highest BCUT2D eigenvalue weighted by Crippen LogP contribution is 2.25. The van der Waals surface area contributed by atoms with Crippen molar-refractivity contribution in [3.63, 3.8) is 0 Å². The molecule has 166 valence electrons. The molecule has 0 radical (unpaired) electrons. The molecule has 2 N–H and O–H groups in total. The summed E-state index contributed by atoms with van der Waals surface area (Å²) in [6.07, 6.45) is 1.69. The fraction of sp³-hybridized carbons (Fsp3) is 0.273. The minimum atomic E-state index is 0.362. The molecule has 3 aromatic rings. The van der Waals surface area contributed by atoms with Gasteiger partial charge in [0.2, 0.25) is 17.8 Å². The van der Waals surface area contributed by atoms with Crippen molar-refractivity contribution in [2.45, 2.75) is 6.54 Å². The second kappa shape index (κ2) is 10.9. The first kappa shape index (κ1) is 22.0. The summed E-state index contributed by atoms with van der Waals surface area (Å²) in [4.78, 5) is 15.7. The van der Waals surface area contributed by atoms with Crippen LogP contribution >= 0.6 is 15.9 Å². The molecule has 4 rings (SSSR count). The van der Waals surface area contributed by atoms with Gasteiger partial charge in [0.25, 0.3) is 0 Å². The number of hydrogen-bond donors (Lipinski definition) is 2. The minimum Gasteiger partial charge on any atom is -0.496 e. The van der Waals surface area contributed by atoms with Crippen molar-refractivity contribution >= 4 is 40.0 Å². The van der Waals surface area contributed by atoms with Crippen LogP contribution < -0.4 is 20.4 Å². The van der Waals surface area contributed by atoms with Crippen molar-refractivity contribution in [3.05, 3.63) is 64.1 Å². The van der Waals surface area contributed by atoms with Crippen LogP contribution in [0.5, 0.6) is 5.75 Å². The van der Waals surface area contributed by atoms with Crippen LogP contribution in [0.4, 0.5) is 17.8 Å². The van der Waals surface area contributed by atoms with Gasteiger partial charge in [-0.3, -0.25) is 0 Å². The van der Waals surface area contributed by atoms with E-state index in [0.717, 1.165) is 34.4 Å². The zero-order valence-corrected chi connectivity index (χ0v) is 19.2. The van der Waals surface area contributed by atoms with E-state index >= 15 is 0 Å². The molecule has 0 unspecified atom stereocenters. The van der Waals surface area contributed by atoms with E-state index in [-0.39, 0.29) is 0 Å². The number of ether oxygens (including phenoxy) is 2. The lowest BCUT2D eigenvalue weighted by Gasteiger charge is -2.27. The van der Waals surface area contributed by atoms with E-state index in [4.69, 9.17) is 9.47 Å². The van der Waals surface area contributed by atoms with Crippen LogP contribution in [-0.2, 0) is 11.3 Å². The van der Waals surface area contributed by atoms with Crippen molar-refractivity contribution in [2.24, 2.45) is 5.10 Å².